The van der Waals surface area contributed by atoms with Gasteiger partial charge < -0.3 is 5.32 Å². The first-order valence-corrected chi connectivity index (χ1v) is 6.29. The molecule has 0 saturated heterocycles. The van der Waals surface area contributed by atoms with Crippen molar-refractivity contribution in [2.24, 2.45) is 0 Å². The molecule has 1 N–H and O–H groups in total. The fourth-order valence-corrected chi connectivity index (χ4v) is 1.80. The summed E-state index contributed by atoms with van der Waals surface area (Å²) in [5.74, 6) is 2.32. The molecule has 5 nitrogen and oxygen atoms in total. The number of hydrogen-bond acceptors (Lipinski definition) is 4. The molecule has 0 aliphatic heterocycles. The number of hydrogen-bond donors (Lipinski definition) is 1. The van der Waals surface area contributed by atoms with Crippen molar-refractivity contribution in [3.63, 3.8) is 0 Å². The summed E-state index contributed by atoms with van der Waals surface area (Å²) in [4.78, 5) is 8.82. The van der Waals surface area contributed by atoms with E-state index >= 15 is 0 Å². The van der Waals surface area contributed by atoms with E-state index in [2.05, 4.69) is 27.3 Å². The summed E-state index contributed by atoms with van der Waals surface area (Å²) in [7, 11) is 0. The summed E-state index contributed by atoms with van der Waals surface area (Å²) in [5.41, 5.74) is 0.966. The fraction of sp³-hybridized carbons (Fsp3) is 0.417. The second kappa shape index (κ2) is 5.35. The highest BCUT2D eigenvalue weighted by Crippen LogP contribution is 2.19. The summed E-state index contributed by atoms with van der Waals surface area (Å²) in [6.45, 7) is 6.84. The van der Waals surface area contributed by atoms with Crippen LogP contribution in [0.15, 0.2) is 12.4 Å². The number of aryl methyl sites for hydroxylation is 1. The zero-order valence-electron chi connectivity index (χ0n) is 10.7. The SMILES string of the molecule is CCCNc1nc(C)nc(-n2cc(Cl)cn2)c1C. The summed E-state index contributed by atoms with van der Waals surface area (Å²) >= 11 is 5.88. The summed E-state index contributed by atoms with van der Waals surface area (Å²) in [6.07, 6.45) is 4.38. The molecule has 0 aromatic carbocycles. The van der Waals surface area contributed by atoms with Crippen molar-refractivity contribution < 1.29 is 0 Å². The van der Waals surface area contributed by atoms with Crippen LogP contribution in [0.2, 0.25) is 5.02 Å². The van der Waals surface area contributed by atoms with Crippen molar-refractivity contribution in [2.45, 2.75) is 27.2 Å². The molecule has 6 heteroatoms. The van der Waals surface area contributed by atoms with Gasteiger partial charge in [0.2, 0.25) is 0 Å². The van der Waals surface area contributed by atoms with Gasteiger partial charge in [0, 0.05) is 12.1 Å². The second-order valence-electron chi connectivity index (χ2n) is 4.10. The summed E-state index contributed by atoms with van der Waals surface area (Å²) in [5, 5.41) is 8.06. The Bertz CT molecular complexity index is 549. The monoisotopic (exact) mass is 265 g/mol. The molecular formula is C12H16ClN5. The Hall–Kier alpha value is -1.62. The molecule has 2 heterocycles. The smallest absolute Gasteiger partial charge is 0.162 e. The van der Waals surface area contributed by atoms with Crippen molar-refractivity contribution in [1.82, 2.24) is 19.7 Å². The minimum Gasteiger partial charge on any atom is -0.370 e. The molecule has 0 spiro atoms. The van der Waals surface area contributed by atoms with E-state index in [1.807, 2.05) is 13.8 Å². The van der Waals surface area contributed by atoms with E-state index in [0.717, 1.165) is 30.2 Å². The minimum atomic E-state index is 0.591. The normalized spacial score (nSPS) is 10.7. The lowest BCUT2D eigenvalue weighted by Crippen LogP contribution is -2.10. The molecule has 2 rings (SSSR count). The molecule has 0 saturated carbocycles. The second-order valence-corrected chi connectivity index (χ2v) is 4.53. The standard InChI is InChI=1S/C12H16ClN5/c1-4-5-14-11-8(2)12(17-9(3)16-11)18-7-10(13)6-15-18/h6-7H,4-5H2,1-3H3,(H,14,16,17). The van der Waals surface area contributed by atoms with Crippen LogP contribution in [0.1, 0.15) is 24.7 Å². The average molecular weight is 266 g/mol. The van der Waals surface area contributed by atoms with E-state index in [1.165, 1.54) is 0 Å². The largest absolute Gasteiger partial charge is 0.370 e. The summed E-state index contributed by atoms with van der Waals surface area (Å²) < 4.78 is 1.67. The molecule has 0 bridgehead atoms. The van der Waals surface area contributed by atoms with Gasteiger partial charge in [0.15, 0.2) is 5.82 Å². The highest BCUT2D eigenvalue weighted by Gasteiger charge is 2.11. The molecule has 96 valence electrons. The Labute approximate surface area is 111 Å². The third-order valence-electron chi connectivity index (χ3n) is 2.54. The van der Waals surface area contributed by atoms with Gasteiger partial charge in [-0.15, -0.1) is 0 Å². The van der Waals surface area contributed by atoms with Crippen molar-refractivity contribution >= 4 is 17.4 Å². The van der Waals surface area contributed by atoms with E-state index in [9.17, 15) is 0 Å². The van der Waals surface area contributed by atoms with Crippen LogP contribution in [-0.2, 0) is 0 Å². The molecule has 18 heavy (non-hydrogen) atoms. The first kappa shape index (κ1) is 12.8. The summed E-state index contributed by atoms with van der Waals surface area (Å²) in [6, 6.07) is 0. The average Bonchev–Trinajstić information content (AvgIpc) is 2.76. The highest BCUT2D eigenvalue weighted by molar-refractivity contribution is 6.30. The number of aromatic nitrogens is 4. The Morgan fingerprint density at radius 2 is 2.11 bits per heavy atom. The van der Waals surface area contributed by atoms with Crippen LogP contribution in [0.3, 0.4) is 0 Å². The number of nitrogens with zero attached hydrogens (tertiary/aromatic N) is 4. The number of halogens is 1. The molecule has 0 amide bonds. The van der Waals surface area contributed by atoms with Crippen LogP contribution in [-0.4, -0.2) is 26.3 Å². The lowest BCUT2D eigenvalue weighted by molar-refractivity contribution is 0.816. The van der Waals surface area contributed by atoms with Crippen LogP contribution in [0, 0.1) is 13.8 Å². The van der Waals surface area contributed by atoms with Gasteiger partial charge in [-0.25, -0.2) is 14.6 Å². The minimum absolute atomic E-state index is 0.591. The van der Waals surface area contributed by atoms with E-state index in [4.69, 9.17) is 11.6 Å². The molecular weight excluding hydrogens is 250 g/mol. The Kier molecular flexibility index (Phi) is 3.81. The van der Waals surface area contributed by atoms with Gasteiger partial charge in [-0.3, -0.25) is 0 Å². The van der Waals surface area contributed by atoms with Gasteiger partial charge in [0.05, 0.1) is 17.4 Å². The zero-order valence-corrected chi connectivity index (χ0v) is 11.5. The predicted molar refractivity (Wildman–Crippen MR) is 72.4 cm³/mol. The van der Waals surface area contributed by atoms with Crippen molar-refractivity contribution in [3.8, 4) is 5.82 Å². The Morgan fingerprint density at radius 3 is 2.72 bits per heavy atom. The van der Waals surface area contributed by atoms with Gasteiger partial charge in [-0.05, 0) is 20.3 Å². The lowest BCUT2D eigenvalue weighted by Gasteiger charge is -2.12. The van der Waals surface area contributed by atoms with Gasteiger partial charge in [-0.2, -0.15) is 5.10 Å². The maximum Gasteiger partial charge on any atom is 0.162 e. The topological polar surface area (TPSA) is 55.6 Å². The molecule has 0 atom stereocenters. The molecule has 0 fully saturated rings. The molecule has 0 aliphatic rings. The zero-order chi connectivity index (χ0) is 13.1. The number of anilines is 1. The molecule has 2 aromatic rings. The number of nitrogens with one attached hydrogen (secondary N) is 1. The quantitative estimate of drug-likeness (QED) is 0.924. The highest BCUT2D eigenvalue weighted by atomic mass is 35.5. The van der Waals surface area contributed by atoms with Gasteiger partial charge in [0.1, 0.15) is 11.6 Å². The van der Waals surface area contributed by atoms with Crippen molar-refractivity contribution in [3.05, 3.63) is 28.8 Å². The first-order valence-electron chi connectivity index (χ1n) is 5.91. The number of rotatable bonds is 4. The van der Waals surface area contributed by atoms with E-state index in [1.54, 1.807) is 17.1 Å². The van der Waals surface area contributed by atoms with Crippen LogP contribution in [0.4, 0.5) is 5.82 Å². The molecule has 2 aromatic heterocycles. The fourth-order valence-electron chi connectivity index (χ4n) is 1.67. The third-order valence-corrected chi connectivity index (χ3v) is 2.74. The van der Waals surface area contributed by atoms with Crippen LogP contribution in [0.25, 0.3) is 5.82 Å². The van der Waals surface area contributed by atoms with Gasteiger partial charge in [-0.1, -0.05) is 18.5 Å². The van der Waals surface area contributed by atoms with Crippen LogP contribution in [0.5, 0.6) is 0 Å². The predicted octanol–water partition coefficient (Wildman–Crippen LogP) is 2.75. The van der Waals surface area contributed by atoms with Crippen molar-refractivity contribution in [1.29, 1.82) is 0 Å². The van der Waals surface area contributed by atoms with Crippen LogP contribution < -0.4 is 5.32 Å². The van der Waals surface area contributed by atoms with Gasteiger partial charge in [0.25, 0.3) is 0 Å². The Morgan fingerprint density at radius 1 is 1.33 bits per heavy atom. The molecule has 0 unspecified atom stereocenters. The maximum absolute atomic E-state index is 5.88. The first-order chi connectivity index (χ1) is 8.61. The maximum atomic E-state index is 5.88. The molecule has 0 aliphatic carbocycles. The van der Waals surface area contributed by atoms with Crippen LogP contribution >= 0.6 is 11.6 Å². The Balaban J connectivity index is 2.44. The third kappa shape index (κ3) is 2.61. The van der Waals surface area contributed by atoms with E-state index in [0.29, 0.717) is 10.8 Å². The van der Waals surface area contributed by atoms with E-state index in [-0.39, 0.29) is 0 Å². The van der Waals surface area contributed by atoms with E-state index < -0.39 is 0 Å². The molecule has 0 radical (unpaired) electrons. The van der Waals surface area contributed by atoms with Crippen molar-refractivity contribution in [2.75, 3.05) is 11.9 Å². The van der Waals surface area contributed by atoms with Gasteiger partial charge >= 0.3 is 0 Å². The lowest BCUT2D eigenvalue weighted by atomic mass is 10.3.